The molecule has 0 atom stereocenters. The van der Waals surface area contributed by atoms with Gasteiger partial charge < -0.3 is 4.42 Å². The predicted molar refractivity (Wildman–Crippen MR) is 93.7 cm³/mol. The molecule has 0 unspecified atom stereocenters. The lowest BCUT2D eigenvalue weighted by atomic mass is 10.2. The topological polar surface area (TPSA) is 63.2 Å². The molecule has 4 rings (SSSR count). The first kappa shape index (κ1) is 16.0. The number of hydrogen-bond acceptors (Lipinski definition) is 6. The minimum atomic E-state index is 0.696. The summed E-state index contributed by atoms with van der Waals surface area (Å²) in [6.07, 6.45) is 5.13. The Morgan fingerprint density at radius 1 is 0.960 bits per heavy atom. The van der Waals surface area contributed by atoms with E-state index in [1.165, 1.54) is 0 Å². The quantitative estimate of drug-likeness (QED) is 0.682. The van der Waals surface area contributed by atoms with E-state index >= 15 is 0 Å². The fourth-order valence-corrected chi connectivity index (χ4v) is 3.09. The van der Waals surface area contributed by atoms with E-state index in [0.29, 0.717) is 5.89 Å². The Hall–Kier alpha value is -2.51. The summed E-state index contributed by atoms with van der Waals surface area (Å²) in [6.45, 7) is 6.97. The third-order valence-electron chi connectivity index (χ3n) is 4.53. The van der Waals surface area contributed by atoms with Crippen LogP contribution in [0.15, 0.2) is 53.7 Å². The summed E-state index contributed by atoms with van der Waals surface area (Å²) in [5, 5.41) is 4.15. The minimum Gasteiger partial charge on any atom is -0.444 e. The lowest BCUT2D eigenvalue weighted by molar-refractivity contribution is 0.122. The van der Waals surface area contributed by atoms with Gasteiger partial charge in [-0.3, -0.25) is 14.5 Å². The molecular weight excluding hydrogens is 316 g/mol. The third kappa shape index (κ3) is 4.12. The Labute approximate surface area is 146 Å². The smallest absolute Gasteiger partial charge is 0.226 e. The highest BCUT2D eigenvalue weighted by molar-refractivity contribution is 5.52. The van der Waals surface area contributed by atoms with Gasteiger partial charge in [0.15, 0.2) is 0 Å². The first-order valence-corrected chi connectivity index (χ1v) is 8.64. The van der Waals surface area contributed by atoms with E-state index in [0.717, 1.165) is 57.1 Å². The van der Waals surface area contributed by atoms with Crippen molar-refractivity contribution in [2.45, 2.75) is 13.1 Å². The molecule has 0 aliphatic carbocycles. The van der Waals surface area contributed by atoms with Crippen LogP contribution in [0, 0.1) is 0 Å². The molecule has 1 aliphatic heterocycles. The summed E-state index contributed by atoms with van der Waals surface area (Å²) in [7, 11) is 0. The van der Waals surface area contributed by atoms with Crippen LogP contribution in [0.5, 0.6) is 0 Å². The van der Waals surface area contributed by atoms with Crippen LogP contribution in [0.3, 0.4) is 0 Å². The number of oxazole rings is 1. The second-order valence-corrected chi connectivity index (χ2v) is 6.29. The Morgan fingerprint density at radius 2 is 1.76 bits per heavy atom. The highest BCUT2D eigenvalue weighted by Crippen LogP contribution is 2.19. The predicted octanol–water partition coefficient (Wildman–Crippen LogP) is 1.75. The summed E-state index contributed by atoms with van der Waals surface area (Å²) < 4.78 is 7.51. The summed E-state index contributed by atoms with van der Waals surface area (Å²) in [6, 6.07) is 10.0. The van der Waals surface area contributed by atoms with Gasteiger partial charge in [0, 0.05) is 44.8 Å². The van der Waals surface area contributed by atoms with Gasteiger partial charge in [-0.1, -0.05) is 18.2 Å². The molecule has 0 N–H and O–H groups in total. The SMILES string of the molecule is c1ccc(-c2nc(CN3CCN(CCn4cncn4)CC3)co2)cc1. The molecule has 7 nitrogen and oxygen atoms in total. The zero-order chi connectivity index (χ0) is 16.9. The van der Waals surface area contributed by atoms with Gasteiger partial charge in [0.2, 0.25) is 5.89 Å². The van der Waals surface area contributed by atoms with E-state index < -0.39 is 0 Å². The summed E-state index contributed by atoms with van der Waals surface area (Å²) in [4.78, 5) is 13.5. The summed E-state index contributed by atoms with van der Waals surface area (Å²) in [5.74, 6) is 0.696. The van der Waals surface area contributed by atoms with Crippen molar-refractivity contribution < 1.29 is 4.42 Å². The zero-order valence-corrected chi connectivity index (χ0v) is 14.2. The largest absolute Gasteiger partial charge is 0.444 e. The summed E-state index contributed by atoms with van der Waals surface area (Å²) >= 11 is 0. The molecule has 1 fully saturated rings. The molecule has 25 heavy (non-hydrogen) atoms. The first-order valence-electron chi connectivity index (χ1n) is 8.64. The van der Waals surface area contributed by atoms with E-state index in [9.17, 15) is 0 Å². The standard InChI is InChI=1S/C18H22N6O/c1-2-4-16(5-3-1)18-21-17(13-25-18)12-23-8-6-22(7-9-23)10-11-24-15-19-14-20-24/h1-5,13-15H,6-12H2. The highest BCUT2D eigenvalue weighted by Gasteiger charge is 2.18. The molecule has 7 heteroatoms. The van der Waals surface area contributed by atoms with Crippen molar-refractivity contribution in [1.82, 2.24) is 29.5 Å². The van der Waals surface area contributed by atoms with Gasteiger partial charge in [0.25, 0.3) is 0 Å². The Kier molecular flexibility index (Phi) is 4.85. The normalized spacial score (nSPS) is 16.3. The van der Waals surface area contributed by atoms with Crippen LogP contribution >= 0.6 is 0 Å². The molecule has 0 radical (unpaired) electrons. The maximum Gasteiger partial charge on any atom is 0.226 e. The van der Waals surface area contributed by atoms with E-state index in [1.54, 1.807) is 18.9 Å². The van der Waals surface area contributed by atoms with Crippen molar-refractivity contribution in [2.75, 3.05) is 32.7 Å². The fourth-order valence-electron chi connectivity index (χ4n) is 3.09. The van der Waals surface area contributed by atoms with E-state index in [4.69, 9.17) is 4.42 Å². The molecule has 0 saturated carbocycles. The average molecular weight is 338 g/mol. The lowest BCUT2D eigenvalue weighted by Crippen LogP contribution is -2.46. The molecule has 1 saturated heterocycles. The molecule has 130 valence electrons. The molecule has 2 aromatic heterocycles. The number of nitrogens with zero attached hydrogens (tertiary/aromatic N) is 6. The Bertz CT molecular complexity index is 762. The minimum absolute atomic E-state index is 0.696. The van der Waals surface area contributed by atoms with Crippen LogP contribution in [0.25, 0.3) is 11.5 Å². The van der Waals surface area contributed by atoms with Gasteiger partial charge in [0.1, 0.15) is 18.9 Å². The Morgan fingerprint density at radius 3 is 2.52 bits per heavy atom. The van der Waals surface area contributed by atoms with E-state index in [2.05, 4.69) is 24.9 Å². The van der Waals surface area contributed by atoms with Crippen LogP contribution in [0.2, 0.25) is 0 Å². The number of rotatable bonds is 6. The third-order valence-corrected chi connectivity index (χ3v) is 4.53. The molecule has 1 aliphatic rings. The number of piperazine rings is 1. The monoisotopic (exact) mass is 338 g/mol. The van der Waals surface area contributed by atoms with Crippen molar-refractivity contribution in [3.63, 3.8) is 0 Å². The van der Waals surface area contributed by atoms with Gasteiger partial charge in [-0.2, -0.15) is 5.10 Å². The van der Waals surface area contributed by atoms with Crippen molar-refractivity contribution >= 4 is 0 Å². The van der Waals surface area contributed by atoms with E-state index in [1.807, 2.05) is 35.0 Å². The van der Waals surface area contributed by atoms with Crippen LogP contribution in [0.1, 0.15) is 5.69 Å². The molecular formula is C18H22N6O. The highest BCUT2D eigenvalue weighted by atomic mass is 16.3. The molecule has 0 spiro atoms. The second-order valence-electron chi connectivity index (χ2n) is 6.29. The van der Waals surface area contributed by atoms with Gasteiger partial charge in [-0.15, -0.1) is 0 Å². The van der Waals surface area contributed by atoms with Gasteiger partial charge in [0.05, 0.1) is 12.2 Å². The molecule has 0 bridgehead atoms. The van der Waals surface area contributed by atoms with Crippen LogP contribution in [-0.2, 0) is 13.1 Å². The molecule has 3 heterocycles. The maximum absolute atomic E-state index is 5.63. The Balaban J connectivity index is 1.25. The number of hydrogen-bond donors (Lipinski definition) is 0. The zero-order valence-electron chi connectivity index (χ0n) is 14.2. The fraction of sp³-hybridized carbons (Fsp3) is 0.389. The van der Waals surface area contributed by atoms with Crippen LogP contribution in [0.4, 0.5) is 0 Å². The van der Waals surface area contributed by atoms with Crippen molar-refractivity contribution in [3.8, 4) is 11.5 Å². The van der Waals surface area contributed by atoms with Crippen LogP contribution < -0.4 is 0 Å². The summed E-state index contributed by atoms with van der Waals surface area (Å²) in [5.41, 5.74) is 2.02. The van der Waals surface area contributed by atoms with Gasteiger partial charge >= 0.3 is 0 Å². The van der Waals surface area contributed by atoms with Crippen molar-refractivity contribution in [3.05, 3.63) is 54.9 Å². The maximum atomic E-state index is 5.63. The lowest BCUT2D eigenvalue weighted by Gasteiger charge is -2.34. The van der Waals surface area contributed by atoms with Gasteiger partial charge in [-0.05, 0) is 12.1 Å². The molecule has 1 aromatic carbocycles. The number of benzene rings is 1. The number of aromatic nitrogens is 4. The van der Waals surface area contributed by atoms with Gasteiger partial charge in [-0.25, -0.2) is 9.97 Å². The van der Waals surface area contributed by atoms with Crippen molar-refractivity contribution in [1.29, 1.82) is 0 Å². The average Bonchev–Trinajstić information content (AvgIpc) is 3.34. The van der Waals surface area contributed by atoms with E-state index in [-0.39, 0.29) is 0 Å². The van der Waals surface area contributed by atoms with Crippen LogP contribution in [-0.4, -0.2) is 62.3 Å². The molecule has 0 amide bonds. The second kappa shape index (κ2) is 7.58. The first-order chi connectivity index (χ1) is 12.4. The molecule has 3 aromatic rings. The van der Waals surface area contributed by atoms with Crippen molar-refractivity contribution in [2.24, 2.45) is 0 Å².